The maximum absolute atomic E-state index is 11.4. The van der Waals surface area contributed by atoms with Gasteiger partial charge in [-0.05, 0) is 59.8 Å². The molecule has 0 spiro atoms. The minimum atomic E-state index is -0.943. The first-order valence-electron chi connectivity index (χ1n) is 10.6. The zero-order valence-electron chi connectivity index (χ0n) is 18.2. The van der Waals surface area contributed by atoms with E-state index in [1.165, 1.54) is 5.56 Å². The first kappa shape index (κ1) is 25.6. The van der Waals surface area contributed by atoms with Crippen LogP contribution in [0.25, 0.3) is 11.1 Å². The lowest BCUT2D eigenvalue weighted by Gasteiger charge is -2.12. The van der Waals surface area contributed by atoms with E-state index in [0.29, 0.717) is 18.7 Å². The highest BCUT2D eigenvalue weighted by Crippen LogP contribution is 2.24. The van der Waals surface area contributed by atoms with Crippen molar-refractivity contribution in [3.8, 4) is 11.1 Å². The molecule has 32 heavy (non-hydrogen) atoms. The zero-order chi connectivity index (χ0) is 22.1. The van der Waals surface area contributed by atoms with Crippen molar-refractivity contribution >= 4 is 18.4 Å². The molecular weight excluding hydrogens is 426 g/mol. The van der Waals surface area contributed by atoms with Gasteiger partial charge in [0, 0.05) is 13.2 Å². The molecule has 3 aromatic carbocycles. The lowest BCUT2D eigenvalue weighted by molar-refractivity contribution is 0.0688. The second kappa shape index (κ2) is 13.0. The Hall–Kier alpha value is -2.70. The second-order valence-corrected chi connectivity index (χ2v) is 7.39. The van der Waals surface area contributed by atoms with Gasteiger partial charge in [0.25, 0.3) is 0 Å². The minimum Gasteiger partial charge on any atom is -0.478 e. The van der Waals surface area contributed by atoms with Crippen molar-refractivity contribution in [1.82, 2.24) is 5.32 Å². The van der Waals surface area contributed by atoms with Crippen LogP contribution < -0.4 is 5.32 Å². The average Bonchev–Trinajstić information content (AvgIpc) is 2.81. The fourth-order valence-electron chi connectivity index (χ4n) is 3.44. The van der Waals surface area contributed by atoms with Crippen LogP contribution in [0, 0.1) is 0 Å². The first-order valence-corrected chi connectivity index (χ1v) is 10.6. The summed E-state index contributed by atoms with van der Waals surface area (Å²) in [4.78, 5) is 11.4. The van der Waals surface area contributed by atoms with Gasteiger partial charge >= 0.3 is 5.97 Å². The third kappa shape index (κ3) is 7.18. The van der Waals surface area contributed by atoms with Crippen LogP contribution in [0.1, 0.15) is 40.1 Å². The lowest BCUT2D eigenvalue weighted by atomic mass is 9.98. The molecule has 5 nitrogen and oxygen atoms in total. The molecule has 6 heteroatoms. The van der Waals surface area contributed by atoms with Gasteiger partial charge in [0.15, 0.2) is 0 Å². The van der Waals surface area contributed by atoms with Crippen LogP contribution in [0.15, 0.2) is 72.8 Å². The van der Waals surface area contributed by atoms with E-state index < -0.39 is 12.1 Å². The van der Waals surface area contributed by atoms with Gasteiger partial charge < -0.3 is 20.3 Å². The van der Waals surface area contributed by atoms with Gasteiger partial charge in [-0.25, -0.2) is 4.79 Å². The van der Waals surface area contributed by atoms with E-state index in [2.05, 4.69) is 17.4 Å². The van der Waals surface area contributed by atoms with Gasteiger partial charge in [-0.15, -0.1) is 12.4 Å². The molecule has 0 bridgehead atoms. The minimum absolute atomic E-state index is 0. The van der Waals surface area contributed by atoms with Crippen LogP contribution in [0.2, 0.25) is 0 Å². The summed E-state index contributed by atoms with van der Waals surface area (Å²) in [5.74, 6) is -0.943. The van der Waals surface area contributed by atoms with E-state index in [1.54, 1.807) is 6.07 Å². The van der Waals surface area contributed by atoms with Gasteiger partial charge in [0.05, 0.1) is 18.3 Å². The standard InChI is InChI=1S/C26H29NO4.ClH/c1-2-31-18-23-16-22(12-13-24(23)26(29)30)20-10-8-19(9-11-20)14-15-27-17-25(28)21-6-4-3-5-7-21;/h3-13,16,25,27-28H,2,14-15,17-18H2,1H3,(H,29,30);1H/t25-;/m1./s1. The van der Waals surface area contributed by atoms with Gasteiger partial charge in [0.2, 0.25) is 0 Å². The number of ether oxygens (including phenoxy) is 1. The van der Waals surface area contributed by atoms with E-state index >= 15 is 0 Å². The van der Waals surface area contributed by atoms with Gasteiger partial charge in [-0.2, -0.15) is 0 Å². The van der Waals surface area contributed by atoms with Crippen molar-refractivity contribution in [2.75, 3.05) is 19.7 Å². The fourth-order valence-corrected chi connectivity index (χ4v) is 3.44. The Bertz CT molecular complexity index is 977. The summed E-state index contributed by atoms with van der Waals surface area (Å²) in [6.07, 6.45) is 0.346. The Kier molecular flexibility index (Phi) is 10.4. The summed E-state index contributed by atoms with van der Waals surface area (Å²) >= 11 is 0. The molecule has 0 radical (unpaired) electrons. The molecule has 170 valence electrons. The molecule has 0 heterocycles. The summed E-state index contributed by atoms with van der Waals surface area (Å²) in [6, 6.07) is 23.3. The normalized spacial score (nSPS) is 11.6. The van der Waals surface area contributed by atoms with Crippen molar-refractivity contribution in [2.45, 2.75) is 26.1 Å². The van der Waals surface area contributed by atoms with Crippen LogP contribution >= 0.6 is 12.4 Å². The molecule has 0 aliphatic heterocycles. The molecule has 0 aliphatic rings. The average molecular weight is 456 g/mol. The number of carboxylic acids is 1. The molecule has 0 amide bonds. The van der Waals surface area contributed by atoms with Crippen LogP contribution in [0.3, 0.4) is 0 Å². The molecule has 3 aromatic rings. The Balaban J connectivity index is 0.00000363. The molecule has 0 saturated carbocycles. The molecule has 0 unspecified atom stereocenters. The molecule has 0 fully saturated rings. The number of hydrogen-bond acceptors (Lipinski definition) is 4. The van der Waals surface area contributed by atoms with E-state index in [9.17, 15) is 15.0 Å². The number of carbonyl (C=O) groups is 1. The fraction of sp³-hybridized carbons (Fsp3) is 0.269. The van der Waals surface area contributed by atoms with Crippen molar-refractivity contribution in [1.29, 1.82) is 0 Å². The number of benzene rings is 3. The predicted octanol–water partition coefficient (Wildman–Crippen LogP) is 4.88. The SMILES string of the molecule is CCOCc1cc(-c2ccc(CCNC[C@@H](O)c3ccccc3)cc2)ccc1C(=O)O.Cl. The number of carboxylic acid groups (broad SMARTS) is 1. The summed E-state index contributed by atoms with van der Waals surface area (Å²) in [7, 11) is 0. The quantitative estimate of drug-likeness (QED) is 0.359. The molecule has 0 aliphatic carbocycles. The molecule has 0 aromatic heterocycles. The molecular formula is C26H30ClNO4. The molecule has 3 rings (SSSR count). The number of aromatic carboxylic acids is 1. The highest BCUT2D eigenvalue weighted by atomic mass is 35.5. The zero-order valence-corrected chi connectivity index (χ0v) is 19.0. The largest absolute Gasteiger partial charge is 0.478 e. The Morgan fingerprint density at radius 3 is 2.34 bits per heavy atom. The number of rotatable bonds is 11. The number of aliphatic hydroxyl groups excluding tert-OH is 1. The number of nitrogens with one attached hydrogen (secondary N) is 1. The third-order valence-electron chi connectivity index (χ3n) is 5.20. The van der Waals surface area contributed by atoms with Crippen molar-refractivity contribution in [3.63, 3.8) is 0 Å². The van der Waals surface area contributed by atoms with Crippen LogP contribution in [0.5, 0.6) is 0 Å². The molecule has 3 N–H and O–H groups in total. The Morgan fingerprint density at radius 2 is 1.69 bits per heavy atom. The summed E-state index contributed by atoms with van der Waals surface area (Å²) in [6.45, 7) is 3.99. The van der Waals surface area contributed by atoms with Crippen molar-refractivity contribution in [3.05, 3.63) is 95.1 Å². The Morgan fingerprint density at radius 1 is 1.00 bits per heavy atom. The van der Waals surface area contributed by atoms with Gasteiger partial charge in [0.1, 0.15) is 0 Å². The van der Waals surface area contributed by atoms with E-state index in [1.807, 2.05) is 61.5 Å². The number of halogens is 1. The van der Waals surface area contributed by atoms with E-state index in [0.717, 1.165) is 29.7 Å². The van der Waals surface area contributed by atoms with Crippen molar-refractivity contribution < 1.29 is 19.7 Å². The third-order valence-corrected chi connectivity index (χ3v) is 5.20. The monoisotopic (exact) mass is 455 g/mol. The highest BCUT2D eigenvalue weighted by molar-refractivity contribution is 5.90. The number of hydrogen-bond donors (Lipinski definition) is 3. The summed E-state index contributed by atoms with van der Waals surface area (Å²) in [5, 5.41) is 22.9. The second-order valence-electron chi connectivity index (χ2n) is 7.39. The van der Waals surface area contributed by atoms with Crippen LogP contribution in [0.4, 0.5) is 0 Å². The van der Waals surface area contributed by atoms with Gasteiger partial charge in [-0.3, -0.25) is 0 Å². The molecule has 1 atom stereocenters. The van der Waals surface area contributed by atoms with Gasteiger partial charge in [-0.1, -0.05) is 60.7 Å². The van der Waals surface area contributed by atoms with Crippen LogP contribution in [-0.4, -0.2) is 35.9 Å². The van der Waals surface area contributed by atoms with Crippen molar-refractivity contribution in [2.24, 2.45) is 0 Å². The molecule has 0 saturated heterocycles. The smallest absolute Gasteiger partial charge is 0.336 e. The lowest BCUT2D eigenvalue weighted by Crippen LogP contribution is -2.23. The number of aliphatic hydroxyl groups is 1. The Labute approximate surface area is 195 Å². The van der Waals surface area contributed by atoms with E-state index in [-0.39, 0.29) is 24.6 Å². The maximum atomic E-state index is 11.4. The highest BCUT2D eigenvalue weighted by Gasteiger charge is 2.12. The topological polar surface area (TPSA) is 78.8 Å². The first-order chi connectivity index (χ1) is 15.1. The maximum Gasteiger partial charge on any atom is 0.336 e. The summed E-state index contributed by atoms with van der Waals surface area (Å²) in [5.41, 5.74) is 5.06. The van der Waals surface area contributed by atoms with E-state index in [4.69, 9.17) is 4.74 Å². The van der Waals surface area contributed by atoms with Crippen LogP contribution in [-0.2, 0) is 17.8 Å². The summed E-state index contributed by atoms with van der Waals surface area (Å²) < 4.78 is 5.43. The predicted molar refractivity (Wildman–Crippen MR) is 129 cm³/mol.